The summed E-state index contributed by atoms with van der Waals surface area (Å²) >= 11 is 0. The van der Waals surface area contributed by atoms with Gasteiger partial charge in [-0.2, -0.15) is 0 Å². The normalized spacial score (nSPS) is 12.9. The fraction of sp³-hybridized carbons (Fsp3) is 0.538. The standard InChI is InChI=1S/C13H20N2O4S/c1-4-5-10(2)9-20(18,19)14-13(17)11-6-7-15(3)12(16)8-11/h6-8,10H,4-5,9H2,1-3H3,(H,14,17)/t10-/m1/s1. The number of hydrogen-bond acceptors (Lipinski definition) is 4. The molecule has 0 aromatic carbocycles. The Morgan fingerprint density at radius 2 is 2.10 bits per heavy atom. The molecule has 6 nitrogen and oxygen atoms in total. The van der Waals surface area contributed by atoms with Crippen molar-refractivity contribution in [2.24, 2.45) is 13.0 Å². The summed E-state index contributed by atoms with van der Waals surface area (Å²) in [5.41, 5.74) is -0.325. The largest absolute Gasteiger partial charge is 0.319 e. The van der Waals surface area contributed by atoms with Crippen LogP contribution in [0.2, 0.25) is 0 Å². The van der Waals surface area contributed by atoms with Gasteiger partial charge in [-0.15, -0.1) is 0 Å². The Morgan fingerprint density at radius 3 is 2.65 bits per heavy atom. The molecule has 1 amide bonds. The number of aryl methyl sites for hydroxylation is 1. The smallest absolute Gasteiger partial charge is 0.264 e. The first-order valence-electron chi connectivity index (χ1n) is 6.46. The summed E-state index contributed by atoms with van der Waals surface area (Å²) in [6.07, 6.45) is 3.09. The SMILES string of the molecule is CCC[C@@H](C)CS(=O)(=O)NC(=O)c1ccn(C)c(=O)c1. The van der Waals surface area contributed by atoms with Crippen LogP contribution in [0.3, 0.4) is 0 Å². The number of hydrogen-bond donors (Lipinski definition) is 1. The van der Waals surface area contributed by atoms with Crippen molar-refractivity contribution >= 4 is 15.9 Å². The third kappa shape index (κ3) is 4.80. The van der Waals surface area contributed by atoms with Crippen LogP contribution in [0.15, 0.2) is 23.1 Å². The lowest BCUT2D eigenvalue weighted by atomic mass is 10.1. The molecule has 112 valence electrons. The highest BCUT2D eigenvalue weighted by molar-refractivity contribution is 7.90. The Hall–Kier alpha value is -1.63. The summed E-state index contributed by atoms with van der Waals surface area (Å²) < 4.78 is 27.0. The number of pyridine rings is 1. The monoisotopic (exact) mass is 300 g/mol. The Morgan fingerprint density at radius 1 is 1.45 bits per heavy atom. The van der Waals surface area contributed by atoms with E-state index in [1.54, 1.807) is 7.05 Å². The van der Waals surface area contributed by atoms with E-state index in [0.29, 0.717) is 0 Å². The van der Waals surface area contributed by atoms with Gasteiger partial charge < -0.3 is 4.57 Å². The first kappa shape index (κ1) is 16.4. The Labute approximate surface area is 118 Å². The second-order valence-corrected chi connectivity index (χ2v) is 6.74. The van der Waals surface area contributed by atoms with Crippen molar-refractivity contribution in [1.82, 2.24) is 9.29 Å². The van der Waals surface area contributed by atoms with Gasteiger partial charge in [-0.05, 0) is 18.4 Å². The zero-order valence-electron chi connectivity index (χ0n) is 11.9. The number of sulfonamides is 1. The second-order valence-electron chi connectivity index (χ2n) is 4.97. The fourth-order valence-corrected chi connectivity index (χ4v) is 3.28. The van der Waals surface area contributed by atoms with Gasteiger partial charge in [0.2, 0.25) is 10.0 Å². The van der Waals surface area contributed by atoms with Gasteiger partial charge in [-0.3, -0.25) is 9.59 Å². The van der Waals surface area contributed by atoms with Gasteiger partial charge in [-0.1, -0.05) is 20.3 Å². The lowest BCUT2D eigenvalue weighted by Crippen LogP contribution is -2.35. The van der Waals surface area contributed by atoms with Crippen molar-refractivity contribution in [3.8, 4) is 0 Å². The molecular weight excluding hydrogens is 280 g/mol. The number of nitrogens with one attached hydrogen (secondary N) is 1. The van der Waals surface area contributed by atoms with Gasteiger partial charge in [0.25, 0.3) is 11.5 Å². The maximum Gasteiger partial charge on any atom is 0.264 e. The molecule has 0 spiro atoms. The van der Waals surface area contributed by atoms with Crippen LogP contribution in [0.4, 0.5) is 0 Å². The van der Waals surface area contributed by atoms with E-state index in [1.807, 2.05) is 18.6 Å². The molecule has 1 rings (SSSR count). The summed E-state index contributed by atoms with van der Waals surface area (Å²) in [5, 5.41) is 0. The van der Waals surface area contributed by atoms with Crippen LogP contribution in [0.1, 0.15) is 37.0 Å². The van der Waals surface area contributed by atoms with E-state index in [4.69, 9.17) is 0 Å². The maximum atomic E-state index is 11.8. The van der Waals surface area contributed by atoms with E-state index in [-0.39, 0.29) is 22.8 Å². The lowest BCUT2D eigenvalue weighted by Gasteiger charge is -2.11. The van der Waals surface area contributed by atoms with E-state index in [2.05, 4.69) is 0 Å². The predicted molar refractivity (Wildman–Crippen MR) is 77.0 cm³/mol. The van der Waals surface area contributed by atoms with Gasteiger partial charge in [0.15, 0.2) is 0 Å². The minimum atomic E-state index is -3.68. The molecule has 1 N–H and O–H groups in total. The molecular formula is C13H20N2O4S. The zero-order valence-corrected chi connectivity index (χ0v) is 12.7. The summed E-state index contributed by atoms with van der Waals surface area (Å²) in [6, 6.07) is 2.52. The van der Waals surface area contributed by atoms with E-state index in [0.717, 1.165) is 18.9 Å². The van der Waals surface area contributed by atoms with Crippen molar-refractivity contribution in [2.45, 2.75) is 26.7 Å². The van der Waals surface area contributed by atoms with Gasteiger partial charge >= 0.3 is 0 Å². The molecule has 0 bridgehead atoms. The molecule has 0 saturated carbocycles. The Bertz CT molecular complexity index is 634. The molecule has 0 aliphatic rings. The van der Waals surface area contributed by atoms with Crippen LogP contribution in [0.5, 0.6) is 0 Å². The third-order valence-electron chi connectivity index (χ3n) is 2.90. The number of nitrogens with zero attached hydrogens (tertiary/aromatic N) is 1. The summed E-state index contributed by atoms with van der Waals surface area (Å²) in [7, 11) is -2.13. The van der Waals surface area contributed by atoms with E-state index in [1.165, 1.54) is 16.8 Å². The van der Waals surface area contributed by atoms with Crippen LogP contribution < -0.4 is 10.3 Å². The van der Waals surface area contributed by atoms with Crippen LogP contribution in [-0.4, -0.2) is 24.6 Å². The van der Waals surface area contributed by atoms with Crippen molar-refractivity contribution in [1.29, 1.82) is 0 Å². The first-order valence-corrected chi connectivity index (χ1v) is 8.12. The molecule has 0 radical (unpaired) electrons. The number of carbonyl (C=O) groups is 1. The van der Waals surface area contributed by atoms with Crippen molar-refractivity contribution < 1.29 is 13.2 Å². The molecule has 0 saturated heterocycles. The summed E-state index contributed by atoms with van der Waals surface area (Å²) in [6.45, 7) is 3.80. The Balaban J connectivity index is 2.79. The van der Waals surface area contributed by atoms with E-state index >= 15 is 0 Å². The lowest BCUT2D eigenvalue weighted by molar-refractivity contribution is 0.0981. The maximum absolute atomic E-state index is 11.8. The van der Waals surface area contributed by atoms with E-state index in [9.17, 15) is 18.0 Å². The second kappa shape index (κ2) is 6.69. The third-order valence-corrected chi connectivity index (χ3v) is 4.40. The van der Waals surface area contributed by atoms with Crippen LogP contribution in [-0.2, 0) is 17.1 Å². The van der Waals surface area contributed by atoms with Crippen LogP contribution >= 0.6 is 0 Å². The molecule has 20 heavy (non-hydrogen) atoms. The zero-order chi connectivity index (χ0) is 15.3. The van der Waals surface area contributed by atoms with Crippen LogP contribution in [0.25, 0.3) is 0 Å². The average molecular weight is 300 g/mol. The highest BCUT2D eigenvalue weighted by Gasteiger charge is 2.19. The van der Waals surface area contributed by atoms with Crippen molar-refractivity contribution in [3.05, 3.63) is 34.2 Å². The summed E-state index contributed by atoms with van der Waals surface area (Å²) in [5.74, 6) is -0.891. The average Bonchev–Trinajstić information content (AvgIpc) is 2.31. The van der Waals surface area contributed by atoms with Crippen molar-refractivity contribution in [3.63, 3.8) is 0 Å². The highest BCUT2D eigenvalue weighted by atomic mass is 32.2. The number of rotatable bonds is 6. The molecule has 1 aromatic heterocycles. The molecule has 1 heterocycles. The molecule has 0 aliphatic carbocycles. The molecule has 1 aromatic rings. The minimum absolute atomic E-state index is 0.0195. The van der Waals surface area contributed by atoms with Gasteiger partial charge in [-0.25, -0.2) is 13.1 Å². The molecule has 7 heteroatoms. The molecule has 0 unspecified atom stereocenters. The van der Waals surface area contributed by atoms with E-state index < -0.39 is 15.9 Å². The fourth-order valence-electron chi connectivity index (χ4n) is 1.88. The molecule has 1 atom stereocenters. The topological polar surface area (TPSA) is 85.2 Å². The first-order chi connectivity index (χ1) is 9.25. The Kier molecular flexibility index (Phi) is 5.50. The highest BCUT2D eigenvalue weighted by Crippen LogP contribution is 2.08. The number of amides is 1. The van der Waals surface area contributed by atoms with Crippen molar-refractivity contribution in [2.75, 3.05) is 5.75 Å². The molecule has 0 aliphatic heterocycles. The van der Waals surface area contributed by atoms with Gasteiger partial charge in [0, 0.05) is 24.9 Å². The van der Waals surface area contributed by atoms with Crippen LogP contribution in [0, 0.1) is 5.92 Å². The quantitative estimate of drug-likeness (QED) is 0.845. The minimum Gasteiger partial charge on any atom is -0.319 e. The number of carbonyl (C=O) groups excluding carboxylic acids is 1. The van der Waals surface area contributed by atoms with Gasteiger partial charge in [0.1, 0.15) is 0 Å². The predicted octanol–water partition coefficient (Wildman–Crippen LogP) is 0.881. The van der Waals surface area contributed by atoms with Gasteiger partial charge in [0.05, 0.1) is 5.75 Å². The summed E-state index contributed by atoms with van der Waals surface area (Å²) in [4.78, 5) is 23.2. The number of aromatic nitrogens is 1. The molecule has 0 fully saturated rings.